The van der Waals surface area contributed by atoms with Crippen molar-refractivity contribution in [3.63, 3.8) is 0 Å². The lowest BCUT2D eigenvalue weighted by Crippen LogP contribution is -1.85. The quantitative estimate of drug-likeness (QED) is 0.369. The number of hydrazone groups is 1. The third-order valence-electron chi connectivity index (χ3n) is 1.69. The zero-order chi connectivity index (χ0) is 8.39. The molecule has 0 saturated heterocycles. The van der Waals surface area contributed by atoms with Gasteiger partial charge < -0.3 is 5.84 Å². The molecule has 4 heteroatoms. The molecule has 0 radical (unpaired) electrons. The van der Waals surface area contributed by atoms with Gasteiger partial charge in [0.05, 0.1) is 17.9 Å². The smallest absolute Gasteiger partial charge is 0.0650 e. The highest BCUT2D eigenvalue weighted by atomic mass is 15.1. The maximum absolute atomic E-state index is 5.03. The van der Waals surface area contributed by atoms with Crippen LogP contribution in [0, 0.1) is 0 Å². The molecule has 2 aromatic rings. The van der Waals surface area contributed by atoms with Gasteiger partial charge in [-0.2, -0.15) is 10.2 Å². The first-order valence-electron chi connectivity index (χ1n) is 3.56. The van der Waals surface area contributed by atoms with E-state index >= 15 is 0 Å². The van der Waals surface area contributed by atoms with Crippen LogP contribution in [0.25, 0.3) is 10.9 Å². The lowest BCUT2D eigenvalue weighted by Gasteiger charge is -1.90. The van der Waals surface area contributed by atoms with Crippen molar-refractivity contribution in [2.75, 3.05) is 0 Å². The highest BCUT2D eigenvalue weighted by Crippen LogP contribution is 2.10. The second-order valence-electron chi connectivity index (χ2n) is 2.49. The van der Waals surface area contributed by atoms with Crippen molar-refractivity contribution < 1.29 is 0 Å². The number of aromatic nitrogens is 2. The van der Waals surface area contributed by atoms with E-state index in [-0.39, 0.29) is 0 Å². The summed E-state index contributed by atoms with van der Waals surface area (Å²) in [5, 5.41) is 11.3. The summed E-state index contributed by atoms with van der Waals surface area (Å²) in [5.41, 5.74) is 2.00. The summed E-state index contributed by atoms with van der Waals surface area (Å²) < 4.78 is 0. The maximum Gasteiger partial charge on any atom is 0.0650 e. The Hall–Kier alpha value is -1.84. The van der Waals surface area contributed by atoms with Crippen LogP contribution >= 0.6 is 0 Å². The number of nitrogens with zero attached hydrogens (tertiary/aromatic N) is 2. The average molecular weight is 160 g/mol. The number of benzene rings is 1. The Morgan fingerprint density at radius 3 is 3.25 bits per heavy atom. The first-order valence-corrected chi connectivity index (χ1v) is 3.56. The molecule has 4 nitrogen and oxygen atoms in total. The van der Waals surface area contributed by atoms with Gasteiger partial charge in [0, 0.05) is 5.39 Å². The van der Waals surface area contributed by atoms with Crippen LogP contribution in [-0.4, -0.2) is 16.4 Å². The van der Waals surface area contributed by atoms with Crippen LogP contribution in [0.1, 0.15) is 5.56 Å². The Balaban J connectivity index is 2.60. The summed E-state index contributed by atoms with van der Waals surface area (Å²) in [6.07, 6.45) is 3.37. The predicted octanol–water partition coefficient (Wildman–Crippen LogP) is 0.855. The molecule has 2 rings (SSSR count). The van der Waals surface area contributed by atoms with Crippen LogP contribution in [0.4, 0.5) is 0 Å². The van der Waals surface area contributed by atoms with Crippen LogP contribution in [0.3, 0.4) is 0 Å². The largest absolute Gasteiger partial charge is 0.323 e. The van der Waals surface area contributed by atoms with Gasteiger partial charge in [-0.15, -0.1) is 0 Å². The van der Waals surface area contributed by atoms with Crippen molar-refractivity contribution >= 4 is 17.1 Å². The van der Waals surface area contributed by atoms with Gasteiger partial charge in [-0.3, -0.25) is 5.10 Å². The van der Waals surface area contributed by atoms with E-state index < -0.39 is 0 Å². The van der Waals surface area contributed by atoms with Crippen molar-refractivity contribution in [2.24, 2.45) is 10.9 Å². The lowest BCUT2D eigenvalue weighted by atomic mass is 10.2. The molecule has 0 fully saturated rings. The molecule has 12 heavy (non-hydrogen) atoms. The molecule has 0 amide bonds. The molecule has 0 aliphatic rings. The number of fused-ring (bicyclic) bond motifs is 1. The molecule has 0 unspecified atom stereocenters. The number of nitrogens with two attached hydrogens (primary N) is 1. The van der Waals surface area contributed by atoms with Crippen molar-refractivity contribution in [3.05, 3.63) is 30.0 Å². The van der Waals surface area contributed by atoms with Gasteiger partial charge in [-0.05, 0) is 17.7 Å². The minimum absolute atomic E-state index is 0.978. The molecule has 0 bridgehead atoms. The zero-order valence-corrected chi connectivity index (χ0v) is 6.36. The first kappa shape index (κ1) is 6.84. The molecule has 0 saturated carbocycles. The molecule has 1 aromatic carbocycles. The van der Waals surface area contributed by atoms with Crippen LogP contribution in [0.2, 0.25) is 0 Å². The normalized spacial score (nSPS) is 11.3. The van der Waals surface area contributed by atoms with Crippen LogP contribution in [0.15, 0.2) is 29.5 Å². The second-order valence-corrected chi connectivity index (χ2v) is 2.49. The fourth-order valence-corrected chi connectivity index (χ4v) is 1.13. The number of hydrogen-bond acceptors (Lipinski definition) is 3. The van der Waals surface area contributed by atoms with E-state index in [0.717, 1.165) is 16.5 Å². The molecule has 60 valence electrons. The van der Waals surface area contributed by atoms with Crippen LogP contribution < -0.4 is 5.84 Å². The van der Waals surface area contributed by atoms with Crippen molar-refractivity contribution in [2.45, 2.75) is 0 Å². The van der Waals surface area contributed by atoms with Gasteiger partial charge in [0.1, 0.15) is 0 Å². The molecule has 0 aliphatic heterocycles. The van der Waals surface area contributed by atoms with Crippen molar-refractivity contribution in [3.8, 4) is 0 Å². The van der Waals surface area contributed by atoms with Crippen molar-refractivity contribution in [1.29, 1.82) is 0 Å². The lowest BCUT2D eigenvalue weighted by molar-refractivity contribution is 1.12. The van der Waals surface area contributed by atoms with Gasteiger partial charge in [-0.1, -0.05) is 6.07 Å². The molecular weight excluding hydrogens is 152 g/mol. The summed E-state index contributed by atoms with van der Waals surface area (Å²) in [6.45, 7) is 0. The van der Waals surface area contributed by atoms with E-state index in [0.29, 0.717) is 0 Å². The van der Waals surface area contributed by atoms with Crippen molar-refractivity contribution in [1.82, 2.24) is 10.2 Å². The van der Waals surface area contributed by atoms with E-state index in [1.54, 1.807) is 12.4 Å². The summed E-state index contributed by atoms with van der Waals surface area (Å²) in [7, 11) is 0. The fraction of sp³-hybridized carbons (Fsp3) is 0. The van der Waals surface area contributed by atoms with E-state index in [1.807, 2.05) is 18.2 Å². The summed E-state index contributed by atoms with van der Waals surface area (Å²) in [4.78, 5) is 0. The zero-order valence-electron chi connectivity index (χ0n) is 6.36. The predicted molar refractivity (Wildman–Crippen MR) is 47.9 cm³/mol. The topological polar surface area (TPSA) is 67.1 Å². The molecule has 0 atom stereocenters. The Kier molecular flexibility index (Phi) is 1.51. The number of nitrogens with one attached hydrogen (secondary N) is 1. The fourth-order valence-electron chi connectivity index (χ4n) is 1.13. The number of H-pyrrole nitrogens is 1. The summed E-state index contributed by atoms with van der Waals surface area (Å²) in [6, 6.07) is 5.84. The first-order chi connectivity index (χ1) is 5.90. The minimum atomic E-state index is 0.978. The number of hydrogen-bond donors (Lipinski definition) is 2. The van der Waals surface area contributed by atoms with Gasteiger partial charge >= 0.3 is 0 Å². The highest BCUT2D eigenvalue weighted by Gasteiger charge is 1.94. The van der Waals surface area contributed by atoms with E-state index in [9.17, 15) is 0 Å². The highest BCUT2D eigenvalue weighted by molar-refractivity contribution is 5.88. The molecular formula is C8H8N4. The van der Waals surface area contributed by atoms with E-state index in [1.165, 1.54) is 0 Å². The third-order valence-corrected chi connectivity index (χ3v) is 1.69. The molecule has 1 aromatic heterocycles. The third kappa shape index (κ3) is 1.03. The van der Waals surface area contributed by atoms with Crippen LogP contribution in [-0.2, 0) is 0 Å². The second kappa shape index (κ2) is 2.65. The van der Waals surface area contributed by atoms with Gasteiger partial charge in [0.25, 0.3) is 0 Å². The number of rotatable bonds is 1. The Labute approximate surface area is 69.1 Å². The van der Waals surface area contributed by atoms with E-state index in [4.69, 9.17) is 5.84 Å². The molecule has 3 N–H and O–H groups in total. The molecule has 0 spiro atoms. The SMILES string of the molecule is NN=Cc1ccc2[nH]ncc2c1. The van der Waals surface area contributed by atoms with Gasteiger partial charge in [0.2, 0.25) is 0 Å². The van der Waals surface area contributed by atoms with Crippen LogP contribution in [0.5, 0.6) is 0 Å². The van der Waals surface area contributed by atoms with E-state index in [2.05, 4.69) is 15.3 Å². The molecule has 1 heterocycles. The van der Waals surface area contributed by atoms with Gasteiger partial charge in [0.15, 0.2) is 0 Å². The van der Waals surface area contributed by atoms with Gasteiger partial charge in [-0.25, -0.2) is 0 Å². The summed E-state index contributed by atoms with van der Waals surface area (Å²) in [5.74, 6) is 5.03. The standard InChI is InChI=1S/C8H8N4/c9-10-4-6-1-2-8-7(3-6)5-11-12-8/h1-5H,9H2,(H,11,12). The average Bonchev–Trinajstić information content (AvgIpc) is 2.51. The Bertz CT molecular complexity index is 416. The molecule has 0 aliphatic carbocycles. The maximum atomic E-state index is 5.03. The minimum Gasteiger partial charge on any atom is -0.323 e. The number of aromatic amines is 1. The Morgan fingerprint density at radius 2 is 2.42 bits per heavy atom. The summed E-state index contributed by atoms with van der Waals surface area (Å²) >= 11 is 0. The Morgan fingerprint density at radius 1 is 1.50 bits per heavy atom. The monoisotopic (exact) mass is 160 g/mol.